The predicted octanol–water partition coefficient (Wildman–Crippen LogP) is 3.81. The van der Waals surface area contributed by atoms with Crippen molar-refractivity contribution in [3.63, 3.8) is 0 Å². The Balaban J connectivity index is 2.71. The van der Waals surface area contributed by atoms with E-state index in [-0.39, 0.29) is 23.2 Å². The van der Waals surface area contributed by atoms with Crippen molar-refractivity contribution >= 4 is 17.7 Å². The number of rotatable bonds is 5. The average Bonchev–Trinajstić information content (AvgIpc) is 2.29. The molecule has 0 aliphatic rings. The molecule has 1 aromatic carbocycles. The maximum absolute atomic E-state index is 12.4. The van der Waals surface area contributed by atoms with Gasteiger partial charge in [-0.3, -0.25) is 4.79 Å². The van der Waals surface area contributed by atoms with Crippen LogP contribution in [-0.4, -0.2) is 28.1 Å². The van der Waals surface area contributed by atoms with Crippen LogP contribution in [0.25, 0.3) is 0 Å². The van der Waals surface area contributed by atoms with Gasteiger partial charge in [0.1, 0.15) is 0 Å². The van der Waals surface area contributed by atoms with E-state index in [0.29, 0.717) is 0 Å². The summed E-state index contributed by atoms with van der Waals surface area (Å²) in [6, 6.07) is 10.6. The third kappa shape index (κ3) is 4.05. The van der Waals surface area contributed by atoms with Crippen molar-refractivity contribution in [2.45, 2.75) is 56.8 Å². The Labute approximate surface area is 115 Å². The molecule has 100 valence electrons. The molecule has 1 atom stereocenters. The van der Waals surface area contributed by atoms with Gasteiger partial charge in [-0.25, -0.2) is 0 Å². The predicted molar refractivity (Wildman–Crippen MR) is 78.9 cm³/mol. The molecule has 1 amide bonds. The summed E-state index contributed by atoms with van der Waals surface area (Å²) in [7, 11) is 0. The van der Waals surface area contributed by atoms with Crippen LogP contribution in [0.4, 0.5) is 0 Å². The molecule has 1 aromatic rings. The summed E-state index contributed by atoms with van der Waals surface area (Å²) in [6.45, 7) is 10.3. The summed E-state index contributed by atoms with van der Waals surface area (Å²) in [5.74, 6) is 0.217. The minimum absolute atomic E-state index is 0.0443. The van der Waals surface area contributed by atoms with Crippen molar-refractivity contribution in [1.29, 1.82) is 0 Å². The van der Waals surface area contributed by atoms with E-state index in [4.69, 9.17) is 0 Å². The number of thioether (sulfide) groups is 1. The van der Waals surface area contributed by atoms with E-state index in [0.717, 1.165) is 4.90 Å². The van der Waals surface area contributed by atoms with Gasteiger partial charge in [0.05, 0.1) is 5.25 Å². The third-order valence-electron chi connectivity index (χ3n) is 2.77. The molecule has 0 bridgehead atoms. The minimum atomic E-state index is -0.0443. The molecule has 0 spiro atoms. The van der Waals surface area contributed by atoms with Crippen LogP contribution in [0.15, 0.2) is 35.2 Å². The Morgan fingerprint density at radius 3 is 1.94 bits per heavy atom. The van der Waals surface area contributed by atoms with Crippen molar-refractivity contribution < 1.29 is 4.79 Å². The standard InChI is InChI=1S/C15H23NOS/c1-11(2)16(12(3)4)15(17)13(5)18-14-9-7-6-8-10-14/h6-13H,1-5H3. The zero-order valence-corrected chi connectivity index (χ0v) is 12.7. The molecule has 0 heterocycles. The SMILES string of the molecule is CC(Sc1ccccc1)C(=O)N(C(C)C)C(C)C. The second-order valence-electron chi connectivity index (χ2n) is 5.01. The largest absolute Gasteiger partial charge is 0.337 e. The lowest BCUT2D eigenvalue weighted by atomic mass is 10.2. The van der Waals surface area contributed by atoms with Crippen molar-refractivity contribution in [3.8, 4) is 0 Å². The van der Waals surface area contributed by atoms with Gasteiger partial charge < -0.3 is 4.90 Å². The number of amides is 1. The Bertz CT molecular complexity index is 367. The highest BCUT2D eigenvalue weighted by Gasteiger charge is 2.25. The first-order valence-corrected chi connectivity index (χ1v) is 7.35. The molecule has 0 aliphatic heterocycles. The lowest BCUT2D eigenvalue weighted by Crippen LogP contribution is -2.45. The summed E-state index contributed by atoms with van der Waals surface area (Å²) < 4.78 is 0. The smallest absolute Gasteiger partial charge is 0.236 e. The minimum Gasteiger partial charge on any atom is -0.337 e. The molecule has 1 rings (SSSR count). The number of hydrogen-bond donors (Lipinski definition) is 0. The van der Waals surface area contributed by atoms with Crippen LogP contribution in [-0.2, 0) is 4.79 Å². The summed E-state index contributed by atoms with van der Waals surface area (Å²) in [5.41, 5.74) is 0. The lowest BCUT2D eigenvalue weighted by Gasteiger charge is -2.32. The van der Waals surface area contributed by atoms with Gasteiger partial charge in [-0.2, -0.15) is 0 Å². The Morgan fingerprint density at radius 1 is 1.00 bits per heavy atom. The number of carbonyl (C=O) groups is 1. The van der Waals surface area contributed by atoms with Gasteiger partial charge in [-0.1, -0.05) is 18.2 Å². The fourth-order valence-electron chi connectivity index (χ4n) is 2.07. The average molecular weight is 265 g/mol. The maximum atomic E-state index is 12.4. The Kier molecular flexibility index (Phi) is 5.73. The second kappa shape index (κ2) is 6.83. The summed E-state index contributed by atoms with van der Waals surface area (Å²) >= 11 is 1.62. The number of benzene rings is 1. The molecule has 0 N–H and O–H groups in total. The van der Waals surface area contributed by atoms with Crippen molar-refractivity contribution in [1.82, 2.24) is 4.90 Å². The van der Waals surface area contributed by atoms with Gasteiger partial charge in [-0.15, -0.1) is 11.8 Å². The fraction of sp³-hybridized carbons (Fsp3) is 0.533. The van der Waals surface area contributed by atoms with Crippen LogP contribution in [0, 0.1) is 0 Å². The molecule has 0 saturated carbocycles. The highest BCUT2D eigenvalue weighted by atomic mass is 32.2. The Hall–Kier alpha value is -0.960. The summed E-state index contributed by atoms with van der Waals surface area (Å²) in [4.78, 5) is 15.5. The van der Waals surface area contributed by atoms with Crippen molar-refractivity contribution in [2.24, 2.45) is 0 Å². The van der Waals surface area contributed by atoms with E-state index in [1.807, 2.05) is 42.2 Å². The van der Waals surface area contributed by atoms with Crippen LogP contribution in [0.3, 0.4) is 0 Å². The van der Waals surface area contributed by atoms with E-state index in [1.165, 1.54) is 0 Å². The van der Waals surface area contributed by atoms with Crippen LogP contribution in [0.1, 0.15) is 34.6 Å². The molecule has 0 aliphatic carbocycles. The lowest BCUT2D eigenvalue weighted by molar-refractivity contribution is -0.133. The van der Waals surface area contributed by atoms with Gasteiger partial charge in [0.2, 0.25) is 5.91 Å². The van der Waals surface area contributed by atoms with Gasteiger partial charge in [-0.05, 0) is 46.8 Å². The van der Waals surface area contributed by atoms with Gasteiger partial charge in [0.15, 0.2) is 0 Å². The summed E-state index contributed by atoms with van der Waals surface area (Å²) in [5, 5.41) is -0.0443. The third-order valence-corrected chi connectivity index (χ3v) is 3.87. The highest BCUT2D eigenvalue weighted by Crippen LogP contribution is 2.25. The number of nitrogens with zero attached hydrogens (tertiary/aromatic N) is 1. The second-order valence-corrected chi connectivity index (χ2v) is 6.42. The molecule has 3 heteroatoms. The maximum Gasteiger partial charge on any atom is 0.236 e. The molecule has 0 saturated heterocycles. The molecule has 0 fully saturated rings. The van der Waals surface area contributed by atoms with E-state index in [1.54, 1.807) is 11.8 Å². The quantitative estimate of drug-likeness (QED) is 0.754. The molecule has 0 aromatic heterocycles. The molecule has 2 nitrogen and oxygen atoms in total. The normalized spacial score (nSPS) is 12.8. The van der Waals surface area contributed by atoms with Crippen molar-refractivity contribution in [3.05, 3.63) is 30.3 Å². The van der Waals surface area contributed by atoms with E-state index in [2.05, 4.69) is 27.7 Å². The van der Waals surface area contributed by atoms with Crippen molar-refractivity contribution in [2.75, 3.05) is 0 Å². The van der Waals surface area contributed by atoms with Crippen LogP contribution >= 0.6 is 11.8 Å². The summed E-state index contributed by atoms with van der Waals surface area (Å²) in [6.07, 6.45) is 0. The van der Waals surface area contributed by atoms with Crippen LogP contribution < -0.4 is 0 Å². The first-order valence-electron chi connectivity index (χ1n) is 6.47. The van der Waals surface area contributed by atoms with Gasteiger partial charge >= 0.3 is 0 Å². The van der Waals surface area contributed by atoms with Crippen LogP contribution in [0.5, 0.6) is 0 Å². The Morgan fingerprint density at radius 2 is 1.50 bits per heavy atom. The first-order chi connectivity index (χ1) is 8.43. The van der Waals surface area contributed by atoms with E-state index >= 15 is 0 Å². The van der Waals surface area contributed by atoms with Gasteiger partial charge in [0.25, 0.3) is 0 Å². The monoisotopic (exact) mass is 265 g/mol. The molecular formula is C15H23NOS. The van der Waals surface area contributed by atoms with E-state index in [9.17, 15) is 4.79 Å². The number of hydrogen-bond acceptors (Lipinski definition) is 2. The molecule has 0 radical (unpaired) electrons. The zero-order valence-electron chi connectivity index (χ0n) is 11.9. The van der Waals surface area contributed by atoms with E-state index < -0.39 is 0 Å². The van der Waals surface area contributed by atoms with Gasteiger partial charge in [0, 0.05) is 17.0 Å². The zero-order chi connectivity index (χ0) is 13.7. The first kappa shape index (κ1) is 15.1. The molecule has 1 unspecified atom stereocenters. The van der Waals surface area contributed by atoms with Crippen LogP contribution in [0.2, 0.25) is 0 Å². The highest BCUT2D eigenvalue weighted by molar-refractivity contribution is 8.00. The topological polar surface area (TPSA) is 20.3 Å². The fourth-order valence-corrected chi connectivity index (χ4v) is 3.01. The molecular weight excluding hydrogens is 242 g/mol. The molecule has 18 heavy (non-hydrogen) atoms. The number of carbonyl (C=O) groups excluding carboxylic acids is 1.